The molecule has 0 radical (unpaired) electrons. The minimum Gasteiger partial charge on any atom is -0.491 e. The van der Waals surface area contributed by atoms with E-state index < -0.39 is 5.97 Å². The largest absolute Gasteiger partial charge is 0.491 e. The van der Waals surface area contributed by atoms with Gasteiger partial charge >= 0.3 is 5.97 Å². The van der Waals surface area contributed by atoms with Gasteiger partial charge < -0.3 is 9.84 Å². The lowest BCUT2D eigenvalue weighted by atomic mass is 10.2. The van der Waals surface area contributed by atoms with Crippen LogP contribution in [0.5, 0.6) is 5.75 Å². The number of hydrogen-bond acceptors (Lipinski definition) is 3. The van der Waals surface area contributed by atoms with Crippen molar-refractivity contribution in [3.63, 3.8) is 0 Å². The van der Waals surface area contributed by atoms with Gasteiger partial charge in [0.25, 0.3) is 0 Å². The van der Waals surface area contributed by atoms with Crippen LogP contribution in [0.2, 0.25) is 0 Å². The molecule has 0 bridgehead atoms. The third kappa shape index (κ3) is 4.82. The van der Waals surface area contributed by atoms with E-state index in [9.17, 15) is 4.79 Å². The molecule has 1 aromatic rings. The maximum absolute atomic E-state index is 10.5. The molecule has 1 rings (SSSR count). The molecule has 1 heterocycles. The third-order valence-electron chi connectivity index (χ3n) is 2.20. The van der Waals surface area contributed by atoms with Gasteiger partial charge in [-0.2, -0.15) is 0 Å². The van der Waals surface area contributed by atoms with Gasteiger partial charge in [-0.05, 0) is 32.1 Å². The fourth-order valence-electron chi connectivity index (χ4n) is 1.29. The molecular weight excluding hydrogens is 230 g/mol. The second kappa shape index (κ2) is 6.59. The van der Waals surface area contributed by atoms with Crippen molar-refractivity contribution < 1.29 is 14.6 Å². The molecule has 1 N–H and O–H groups in total. The molecule has 4 nitrogen and oxygen atoms in total. The molecule has 18 heavy (non-hydrogen) atoms. The number of aromatic nitrogens is 1. The summed E-state index contributed by atoms with van der Waals surface area (Å²) in [6, 6.07) is 3.62. The van der Waals surface area contributed by atoms with Crippen LogP contribution in [0.25, 0.3) is 6.08 Å². The Morgan fingerprint density at radius 2 is 2.28 bits per heavy atom. The Balaban J connectivity index is 2.82. The first-order chi connectivity index (χ1) is 8.49. The van der Waals surface area contributed by atoms with Crippen molar-refractivity contribution in [2.75, 3.05) is 6.61 Å². The van der Waals surface area contributed by atoms with Gasteiger partial charge in [-0.3, -0.25) is 0 Å². The van der Waals surface area contributed by atoms with Crippen molar-refractivity contribution >= 4 is 12.0 Å². The highest BCUT2D eigenvalue weighted by Crippen LogP contribution is 2.19. The normalized spacial score (nSPS) is 10.6. The summed E-state index contributed by atoms with van der Waals surface area (Å²) in [5.41, 5.74) is 2.38. The Bertz CT molecular complexity index is 478. The van der Waals surface area contributed by atoms with E-state index in [0.29, 0.717) is 18.1 Å². The first-order valence-corrected chi connectivity index (χ1v) is 5.65. The van der Waals surface area contributed by atoms with Crippen molar-refractivity contribution in [3.05, 3.63) is 41.7 Å². The molecule has 0 amide bonds. The first-order valence-electron chi connectivity index (χ1n) is 5.65. The van der Waals surface area contributed by atoms with E-state index >= 15 is 0 Å². The van der Waals surface area contributed by atoms with Gasteiger partial charge in [0.15, 0.2) is 0 Å². The number of hydrogen-bond donors (Lipinski definition) is 1. The maximum atomic E-state index is 10.5. The molecule has 96 valence electrons. The highest BCUT2D eigenvalue weighted by molar-refractivity contribution is 5.85. The first kappa shape index (κ1) is 14.0. The van der Waals surface area contributed by atoms with Crippen LogP contribution in [0.15, 0.2) is 30.4 Å². The lowest BCUT2D eigenvalue weighted by Crippen LogP contribution is -2.01. The lowest BCUT2D eigenvalue weighted by Gasteiger charge is -2.09. The molecule has 0 aromatic carbocycles. The van der Waals surface area contributed by atoms with Crippen molar-refractivity contribution in [1.29, 1.82) is 0 Å². The fraction of sp³-hybridized carbons (Fsp3) is 0.286. The summed E-state index contributed by atoms with van der Waals surface area (Å²) in [7, 11) is 0. The third-order valence-corrected chi connectivity index (χ3v) is 2.20. The Kier molecular flexibility index (Phi) is 5.11. The van der Waals surface area contributed by atoms with E-state index in [4.69, 9.17) is 9.84 Å². The second-order valence-corrected chi connectivity index (χ2v) is 4.06. The van der Waals surface area contributed by atoms with E-state index in [1.807, 2.05) is 19.9 Å². The zero-order chi connectivity index (χ0) is 13.5. The van der Waals surface area contributed by atoms with Crippen molar-refractivity contribution in [2.45, 2.75) is 20.3 Å². The molecule has 0 saturated carbocycles. The number of nitrogens with zero attached hydrogens (tertiary/aromatic N) is 1. The highest BCUT2D eigenvalue weighted by atomic mass is 16.5. The van der Waals surface area contributed by atoms with Crippen molar-refractivity contribution in [1.82, 2.24) is 4.98 Å². The summed E-state index contributed by atoms with van der Waals surface area (Å²) >= 11 is 0. The molecule has 0 aliphatic heterocycles. The summed E-state index contributed by atoms with van der Waals surface area (Å²) in [6.45, 7) is 8.08. The molecular formula is C14H17NO3. The standard InChI is InChI=1S/C14H17NO3/c1-10(2)8-9-18-13-6-4-11(3)15-12(13)5-7-14(16)17/h4-7H,1,8-9H2,2-3H3,(H,16,17)/b7-5+. The molecule has 0 saturated heterocycles. The topological polar surface area (TPSA) is 59.4 Å². The number of aryl methyl sites for hydroxylation is 1. The maximum Gasteiger partial charge on any atom is 0.328 e. The number of carboxylic acid groups (broad SMARTS) is 1. The van der Waals surface area contributed by atoms with Crippen LogP contribution in [0.4, 0.5) is 0 Å². The van der Waals surface area contributed by atoms with Gasteiger partial charge in [0.05, 0.1) is 6.61 Å². The van der Waals surface area contributed by atoms with E-state index in [2.05, 4.69) is 11.6 Å². The van der Waals surface area contributed by atoms with E-state index in [0.717, 1.165) is 23.8 Å². The van der Waals surface area contributed by atoms with Crippen LogP contribution >= 0.6 is 0 Å². The molecule has 0 spiro atoms. The van der Waals surface area contributed by atoms with E-state index in [-0.39, 0.29) is 0 Å². The minimum atomic E-state index is -1.01. The Labute approximate surface area is 107 Å². The Morgan fingerprint density at radius 1 is 1.56 bits per heavy atom. The van der Waals surface area contributed by atoms with Gasteiger partial charge in [0, 0.05) is 18.2 Å². The zero-order valence-electron chi connectivity index (χ0n) is 10.6. The van der Waals surface area contributed by atoms with Crippen LogP contribution in [0.3, 0.4) is 0 Å². The number of carbonyl (C=O) groups is 1. The summed E-state index contributed by atoms with van der Waals surface area (Å²) in [5, 5.41) is 8.62. The second-order valence-electron chi connectivity index (χ2n) is 4.06. The smallest absolute Gasteiger partial charge is 0.328 e. The van der Waals surface area contributed by atoms with Crippen LogP contribution in [-0.2, 0) is 4.79 Å². The zero-order valence-corrected chi connectivity index (χ0v) is 10.6. The molecule has 0 aliphatic rings. The molecule has 0 unspecified atom stereocenters. The van der Waals surface area contributed by atoms with Crippen LogP contribution in [-0.4, -0.2) is 22.7 Å². The fourth-order valence-corrected chi connectivity index (χ4v) is 1.29. The quantitative estimate of drug-likeness (QED) is 0.620. The van der Waals surface area contributed by atoms with Gasteiger partial charge in [0.1, 0.15) is 11.4 Å². The van der Waals surface area contributed by atoms with Crippen molar-refractivity contribution in [2.24, 2.45) is 0 Å². The average molecular weight is 247 g/mol. The highest BCUT2D eigenvalue weighted by Gasteiger charge is 2.03. The van der Waals surface area contributed by atoms with Gasteiger partial charge in [0.2, 0.25) is 0 Å². The molecule has 1 aromatic heterocycles. The number of ether oxygens (including phenoxy) is 1. The summed E-state index contributed by atoms with van der Waals surface area (Å²) in [4.78, 5) is 14.8. The molecule has 0 aliphatic carbocycles. The van der Waals surface area contributed by atoms with Gasteiger partial charge in [-0.1, -0.05) is 5.57 Å². The molecule has 0 atom stereocenters. The monoisotopic (exact) mass is 247 g/mol. The average Bonchev–Trinajstić information content (AvgIpc) is 2.28. The van der Waals surface area contributed by atoms with Crippen LogP contribution < -0.4 is 4.74 Å². The predicted octanol–water partition coefficient (Wildman–Crippen LogP) is 2.83. The number of rotatable bonds is 6. The summed E-state index contributed by atoms with van der Waals surface area (Å²) in [5.74, 6) is -0.425. The minimum absolute atomic E-state index is 0.508. The molecule has 4 heteroatoms. The van der Waals surface area contributed by atoms with Gasteiger partial charge in [-0.15, -0.1) is 6.58 Å². The number of aliphatic carboxylic acids is 1. The van der Waals surface area contributed by atoms with Crippen LogP contribution in [0, 0.1) is 6.92 Å². The molecule has 0 fully saturated rings. The summed E-state index contributed by atoms with van der Waals surface area (Å²) < 4.78 is 5.57. The Hall–Kier alpha value is -2.10. The number of carboxylic acids is 1. The summed E-state index contributed by atoms with van der Waals surface area (Å²) in [6.07, 6.45) is 3.24. The van der Waals surface area contributed by atoms with E-state index in [1.165, 1.54) is 6.08 Å². The lowest BCUT2D eigenvalue weighted by molar-refractivity contribution is -0.131. The Morgan fingerprint density at radius 3 is 2.89 bits per heavy atom. The van der Waals surface area contributed by atoms with Crippen LogP contribution in [0.1, 0.15) is 24.7 Å². The number of pyridine rings is 1. The van der Waals surface area contributed by atoms with E-state index in [1.54, 1.807) is 6.07 Å². The predicted molar refractivity (Wildman–Crippen MR) is 70.6 cm³/mol. The van der Waals surface area contributed by atoms with Crippen molar-refractivity contribution in [3.8, 4) is 5.75 Å². The SMILES string of the molecule is C=C(C)CCOc1ccc(C)nc1/C=C/C(=O)O. The van der Waals surface area contributed by atoms with Gasteiger partial charge in [-0.25, -0.2) is 9.78 Å².